The zero-order valence-electron chi connectivity index (χ0n) is 14.8. The first-order chi connectivity index (χ1) is 11.9. The molecule has 2 amide bonds. The van der Waals surface area contributed by atoms with E-state index in [4.69, 9.17) is 0 Å². The van der Waals surface area contributed by atoms with Gasteiger partial charge in [0.1, 0.15) is 6.54 Å². The van der Waals surface area contributed by atoms with Gasteiger partial charge in [-0.05, 0) is 18.4 Å². The van der Waals surface area contributed by atoms with Crippen molar-refractivity contribution in [1.82, 2.24) is 10.6 Å². The molecule has 0 radical (unpaired) electrons. The number of esters is 1. The Bertz CT molecular complexity index is 576. The molecule has 1 aromatic carbocycles. The third-order valence-electron chi connectivity index (χ3n) is 3.97. The Labute approximate surface area is 147 Å². The van der Waals surface area contributed by atoms with E-state index in [1.807, 2.05) is 37.3 Å². The number of ether oxygens (including phenoxy) is 1. The van der Waals surface area contributed by atoms with Gasteiger partial charge in [0, 0.05) is 5.92 Å². The van der Waals surface area contributed by atoms with E-state index >= 15 is 0 Å². The Balaban J connectivity index is 2.82. The summed E-state index contributed by atoms with van der Waals surface area (Å²) in [5.74, 6) is -1.83. The first-order valence-electron chi connectivity index (χ1n) is 8.25. The van der Waals surface area contributed by atoms with E-state index in [1.165, 1.54) is 7.11 Å². The summed E-state index contributed by atoms with van der Waals surface area (Å²) >= 11 is 0. The quantitative estimate of drug-likeness (QED) is 0.560. The van der Waals surface area contributed by atoms with Crippen LogP contribution in [0.15, 0.2) is 30.3 Å². The maximum absolute atomic E-state index is 12.2. The molecule has 0 heterocycles. The fourth-order valence-corrected chi connectivity index (χ4v) is 2.14. The zero-order valence-corrected chi connectivity index (χ0v) is 14.8. The molecule has 0 aliphatic heterocycles. The summed E-state index contributed by atoms with van der Waals surface area (Å²) in [6, 6.07) is 8.43. The highest BCUT2D eigenvalue weighted by molar-refractivity contribution is 5.86. The van der Waals surface area contributed by atoms with Crippen LogP contribution in [-0.4, -0.2) is 48.7 Å². The van der Waals surface area contributed by atoms with E-state index in [-0.39, 0.29) is 24.8 Å². The monoisotopic (exact) mass is 350 g/mol. The molecule has 0 bridgehead atoms. The van der Waals surface area contributed by atoms with Gasteiger partial charge in [-0.3, -0.25) is 14.4 Å². The van der Waals surface area contributed by atoms with Gasteiger partial charge < -0.3 is 20.5 Å². The molecule has 0 aromatic heterocycles. The number of benzene rings is 1. The third-order valence-corrected chi connectivity index (χ3v) is 3.97. The second-order valence-electron chi connectivity index (χ2n) is 5.85. The average molecular weight is 350 g/mol. The number of aliphatic hydroxyl groups is 1. The molecule has 0 aliphatic carbocycles. The van der Waals surface area contributed by atoms with Crippen molar-refractivity contribution >= 4 is 17.8 Å². The van der Waals surface area contributed by atoms with E-state index in [2.05, 4.69) is 15.4 Å². The zero-order chi connectivity index (χ0) is 18.8. The molecule has 0 saturated heterocycles. The van der Waals surface area contributed by atoms with Crippen LogP contribution in [0.1, 0.15) is 25.8 Å². The van der Waals surface area contributed by atoms with Crippen LogP contribution in [0.5, 0.6) is 0 Å². The highest BCUT2D eigenvalue weighted by Crippen LogP contribution is 2.09. The van der Waals surface area contributed by atoms with Crippen molar-refractivity contribution < 1.29 is 24.2 Å². The highest BCUT2D eigenvalue weighted by Gasteiger charge is 2.29. The van der Waals surface area contributed by atoms with E-state index in [9.17, 15) is 19.5 Å². The molecule has 0 saturated carbocycles. The van der Waals surface area contributed by atoms with Gasteiger partial charge in [-0.25, -0.2) is 0 Å². The summed E-state index contributed by atoms with van der Waals surface area (Å²) in [4.78, 5) is 35.4. The van der Waals surface area contributed by atoms with Crippen LogP contribution in [0, 0.1) is 5.92 Å². The fraction of sp³-hybridized carbons (Fsp3) is 0.500. The van der Waals surface area contributed by atoms with Crippen LogP contribution in [0.4, 0.5) is 0 Å². The van der Waals surface area contributed by atoms with Gasteiger partial charge in [-0.1, -0.05) is 44.2 Å². The SMILES string of the molecule is CCC(C)C(=O)N[C@@H](Cc1ccccc1)C(O)C(=O)NCC(=O)OC. The summed E-state index contributed by atoms with van der Waals surface area (Å²) in [6.45, 7) is 3.32. The van der Waals surface area contributed by atoms with Crippen molar-refractivity contribution in [3.63, 3.8) is 0 Å². The van der Waals surface area contributed by atoms with E-state index in [1.54, 1.807) is 6.92 Å². The second kappa shape index (κ2) is 10.5. The third kappa shape index (κ3) is 6.93. The molecule has 1 rings (SSSR count). The van der Waals surface area contributed by atoms with Crippen molar-refractivity contribution in [3.05, 3.63) is 35.9 Å². The highest BCUT2D eigenvalue weighted by atomic mass is 16.5. The van der Waals surface area contributed by atoms with Crippen molar-refractivity contribution in [1.29, 1.82) is 0 Å². The summed E-state index contributed by atoms with van der Waals surface area (Å²) in [5.41, 5.74) is 0.872. The van der Waals surface area contributed by atoms with Gasteiger partial charge in [-0.15, -0.1) is 0 Å². The summed E-state index contributed by atoms with van der Waals surface area (Å²) in [7, 11) is 1.20. The molecule has 0 spiro atoms. The second-order valence-corrected chi connectivity index (χ2v) is 5.85. The number of methoxy groups -OCH3 is 1. The van der Waals surface area contributed by atoms with E-state index < -0.39 is 24.0 Å². The minimum absolute atomic E-state index is 0.233. The van der Waals surface area contributed by atoms with Crippen LogP contribution < -0.4 is 10.6 Å². The fourth-order valence-electron chi connectivity index (χ4n) is 2.14. The largest absolute Gasteiger partial charge is 0.468 e. The van der Waals surface area contributed by atoms with Crippen LogP contribution in [0.3, 0.4) is 0 Å². The maximum atomic E-state index is 12.2. The molecule has 138 valence electrons. The van der Waals surface area contributed by atoms with Crippen molar-refractivity contribution in [2.75, 3.05) is 13.7 Å². The van der Waals surface area contributed by atoms with Crippen molar-refractivity contribution in [3.8, 4) is 0 Å². The van der Waals surface area contributed by atoms with Crippen LogP contribution >= 0.6 is 0 Å². The number of rotatable bonds is 9. The van der Waals surface area contributed by atoms with Gasteiger partial charge in [-0.2, -0.15) is 0 Å². The lowest BCUT2D eigenvalue weighted by Crippen LogP contribution is -2.53. The maximum Gasteiger partial charge on any atom is 0.325 e. The summed E-state index contributed by atoms with van der Waals surface area (Å²) in [6.07, 6.45) is -0.553. The van der Waals surface area contributed by atoms with Crippen LogP contribution in [-0.2, 0) is 25.5 Å². The molecule has 0 aliphatic rings. The molecule has 3 N–H and O–H groups in total. The first-order valence-corrected chi connectivity index (χ1v) is 8.25. The summed E-state index contributed by atoms with van der Waals surface area (Å²) in [5, 5.41) is 15.4. The molecular weight excluding hydrogens is 324 g/mol. The number of carbonyl (C=O) groups is 3. The van der Waals surface area contributed by atoms with Crippen molar-refractivity contribution in [2.24, 2.45) is 5.92 Å². The standard InChI is InChI=1S/C18H26N2O5/c1-4-12(2)17(23)20-14(10-13-8-6-5-7-9-13)16(22)18(24)19-11-15(21)25-3/h5-9,12,14,16,22H,4,10-11H2,1-3H3,(H,19,24)(H,20,23)/t12?,14-,16?/m0/s1. The lowest BCUT2D eigenvalue weighted by molar-refractivity contribution is -0.143. The Morgan fingerprint density at radius 1 is 1.16 bits per heavy atom. The minimum atomic E-state index is -1.49. The topological polar surface area (TPSA) is 105 Å². The lowest BCUT2D eigenvalue weighted by Gasteiger charge is -2.25. The van der Waals surface area contributed by atoms with Crippen molar-refractivity contribution in [2.45, 2.75) is 38.8 Å². The minimum Gasteiger partial charge on any atom is -0.468 e. The normalized spacial score (nSPS) is 14.1. The van der Waals surface area contributed by atoms with Gasteiger partial charge in [0.2, 0.25) is 5.91 Å². The van der Waals surface area contributed by atoms with Gasteiger partial charge in [0.15, 0.2) is 6.10 Å². The molecule has 3 atom stereocenters. The summed E-state index contributed by atoms with van der Waals surface area (Å²) < 4.78 is 4.44. The Kier molecular flexibility index (Phi) is 8.63. The molecule has 1 aromatic rings. The van der Waals surface area contributed by atoms with Gasteiger partial charge in [0.05, 0.1) is 13.2 Å². The Morgan fingerprint density at radius 3 is 2.36 bits per heavy atom. The number of aliphatic hydroxyl groups excluding tert-OH is 1. The molecule has 0 fully saturated rings. The lowest BCUT2D eigenvalue weighted by atomic mass is 9.99. The number of carbonyl (C=O) groups excluding carboxylic acids is 3. The molecule has 25 heavy (non-hydrogen) atoms. The number of hydrogen-bond acceptors (Lipinski definition) is 5. The van der Waals surface area contributed by atoms with Gasteiger partial charge in [0.25, 0.3) is 5.91 Å². The molecule has 7 heteroatoms. The number of nitrogens with one attached hydrogen (secondary N) is 2. The smallest absolute Gasteiger partial charge is 0.325 e. The predicted octanol–water partition coefficient (Wildman–Crippen LogP) is 0.410. The molecular formula is C18H26N2O5. The number of amides is 2. The molecule has 7 nitrogen and oxygen atoms in total. The van der Waals surface area contributed by atoms with Crippen LogP contribution in [0.25, 0.3) is 0 Å². The first kappa shape index (κ1) is 20.6. The average Bonchev–Trinajstić information content (AvgIpc) is 2.64. The Hall–Kier alpha value is -2.41. The predicted molar refractivity (Wildman–Crippen MR) is 92.6 cm³/mol. The van der Waals surface area contributed by atoms with Crippen LogP contribution in [0.2, 0.25) is 0 Å². The molecule has 2 unspecified atom stereocenters. The van der Waals surface area contributed by atoms with E-state index in [0.717, 1.165) is 5.56 Å². The van der Waals surface area contributed by atoms with E-state index in [0.29, 0.717) is 6.42 Å². The number of hydrogen-bond donors (Lipinski definition) is 3. The van der Waals surface area contributed by atoms with Gasteiger partial charge >= 0.3 is 5.97 Å². The Morgan fingerprint density at radius 2 is 1.80 bits per heavy atom.